The molecule has 4 aromatic rings. The number of aromatic nitrogens is 1. The number of rotatable bonds is 9. The molecule has 1 aliphatic rings. The van der Waals surface area contributed by atoms with Crippen LogP contribution in [-0.2, 0) is 12.6 Å². The van der Waals surface area contributed by atoms with Crippen LogP contribution in [0.15, 0.2) is 78.2 Å². The van der Waals surface area contributed by atoms with Crippen LogP contribution in [0.25, 0.3) is 11.1 Å². The second-order valence-corrected chi connectivity index (χ2v) is 11.3. The molecule has 0 radical (unpaired) electrons. The van der Waals surface area contributed by atoms with Crippen LogP contribution in [0.4, 0.5) is 13.2 Å². The molecule has 1 amide bonds. The number of thiazole rings is 1. The van der Waals surface area contributed by atoms with Gasteiger partial charge in [0.25, 0.3) is 5.91 Å². The van der Waals surface area contributed by atoms with Crippen molar-refractivity contribution >= 4 is 23.0 Å². The number of nitrogens with zero attached hydrogens (tertiary/aromatic N) is 2. The number of benzene rings is 3. The van der Waals surface area contributed by atoms with E-state index in [9.17, 15) is 22.8 Å². The monoisotopic (exact) mass is 592 g/mol. The van der Waals surface area contributed by atoms with Crippen molar-refractivity contribution in [2.45, 2.75) is 44.2 Å². The van der Waals surface area contributed by atoms with Gasteiger partial charge < -0.3 is 9.64 Å². The van der Waals surface area contributed by atoms with Crippen molar-refractivity contribution in [2.75, 3.05) is 20.2 Å². The second-order valence-electron chi connectivity index (χ2n) is 10.4. The van der Waals surface area contributed by atoms with E-state index in [1.54, 1.807) is 36.3 Å². The normalized spacial score (nSPS) is 14.1. The molecule has 0 bridgehead atoms. The number of hydrogen-bond donors (Lipinski definition) is 0. The fourth-order valence-corrected chi connectivity index (χ4v) is 6.27. The average molecular weight is 593 g/mol. The Labute approximate surface area is 247 Å². The molecule has 0 unspecified atom stereocenters. The number of alkyl halides is 3. The third-order valence-electron chi connectivity index (χ3n) is 7.62. The number of amides is 1. The van der Waals surface area contributed by atoms with Crippen molar-refractivity contribution in [1.29, 1.82) is 0 Å². The highest BCUT2D eigenvalue weighted by Gasteiger charge is 2.31. The summed E-state index contributed by atoms with van der Waals surface area (Å²) in [6.07, 6.45) is -1.02. The number of likely N-dealkylation sites (tertiary alicyclic amines) is 1. The van der Waals surface area contributed by atoms with Gasteiger partial charge in [0, 0.05) is 36.4 Å². The Bertz CT molecular complexity index is 1540. The Hall–Kier alpha value is -3.98. The molecule has 2 heterocycles. The fraction of sp³-hybridized carbons (Fsp3) is 0.303. The van der Waals surface area contributed by atoms with Crippen molar-refractivity contribution in [2.24, 2.45) is 0 Å². The molecule has 5 rings (SSSR count). The van der Waals surface area contributed by atoms with Crippen molar-refractivity contribution in [3.63, 3.8) is 0 Å². The minimum atomic E-state index is -4.42. The quantitative estimate of drug-likeness (QED) is 0.185. The lowest BCUT2D eigenvalue weighted by molar-refractivity contribution is -0.137. The largest absolute Gasteiger partial charge is 0.497 e. The summed E-state index contributed by atoms with van der Waals surface area (Å²) >= 11 is 1.50. The first-order chi connectivity index (χ1) is 20.2. The number of carbonyl (C=O) groups is 2. The summed E-state index contributed by atoms with van der Waals surface area (Å²) in [5, 5.41) is 2.75. The number of carbonyl (C=O) groups excluding carboxylic acids is 2. The standard InChI is InChI=1S/C33H31F3N2O3S/c1-41-26-8-4-6-22(20-26)7-5-11-30(39)29-21-42-31(37-29)24-16-18-38(19-17-24)32(40)28-10-3-2-9-27(28)23-12-14-25(15-13-23)33(34,35)36/h2-4,6,8-10,12-15,20-21,24H,5,7,11,16-19H2,1H3. The van der Waals surface area contributed by atoms with Crippen molar-refractivity contribution in [1.82, 2.24) is 9.88 Å². The zero-order valence-electron chi connectivity index (χ0n) is 23.2. The predicted molar refractivity (Wildman–Crippen MR) is 157 cm³/mol. The highest BCUT2D eigenvalue weighted by molar-refractivity contribution is 7.09. The van der Waals surface area contributed by atoms with Gasteiger partial charge in [-0.3, -0.25) is 9.59 Å². The molecule has 1 aliphatic heterocycles. The topological polar surface area (TPSA) is 59.5 Å². The first-order valence-corrected chi connectivity index (χ1v) is 14.8. The Balaban J connectivity index is 1.16. The minimum absolute atomic E-state index is 0.0351. The van der Waals surface area contributed by atoms with Gasteiger partial charge in [0.05, 0.1) is 17.7 Å². The first kappa shape index (κ1) is 29.5. The molecule has 0 N–H and O–H groups in total. The van der Waals surface area contributed by atoms with Crippen LogP contribution >= 0.6 is 11.3 Å². The summed E-state index contributed by atoms with van der Waals surface area (Å²) in [6.45, 7) is 1.07. The van der Waals surface area contributed by atoms with Gasteiger partial charge in [-0.25, -0.2) is 4.98 Å². The molecular formula is C33H31F3N2O3S. The fourth-order valence-electron chi connectivity index (χ4n) is 5.27. The van der Waals surface area contributed by atoms with Gasteiger partial charge >= 0.3 is 6.18 Å². The number of methoxy groups -OCH3 is 1. The van der Waals surface area contributed by atoms with Gasteiger partial charge in [0.15, 0.2) is 5.78 Å². The van der Waals surface area contributed by atoms with E-state index >= 15 is 0 Å². The van der Waals surface area contributed by atoms with E-state index in [1.165, 1.54) is 23.5 Å². The molecule has 0 aliphatic carbocycles. The van der Waals surface area contributed by atoms with Crippen LogP contribution in [0.1, 0.15) is 68.6 Å². The van der Waals surface area contributed by atoms with E-state index in [2.05, 4.69) is 4.98 Å². The summed E-state index contributed by atoms with van der Waals surface area (Å²) < 4.78 is 44.3. The van der Waals surface area contributed by atoms with E-state index < -0.39 is 11.7 Å². The average Bonchev–Trinajstić information content (AvgIpc) is 3.51. The van der Waals surface area contributed by atoms with Gasteiger partial charge in [-0.05, 0) is 72.7 Å². The van der Waals surface area contributed by atoms with Crippen molar-refractivity contribution in [3.8, 4) is 16.9 Å². The number of ether oxygens (including phenoxy) is 1. The maximum atomic E-state index is 13.5. The third-order valence-corrected chi connectivity index (χ3v) is 8.63. The predicted octanol–water partition coefficient (Wildman–Crippen LogP) is 8.06. The lowest BCUT2D eigenvalue weighted by atomic mass is 9.94. The maximum absolute atomic E-state index is 13.5. The summed E-state index contributed by atoms with van der Waals surface area (Å²) in [5.41, 5.74) is 2.54. The Kier molecular flexibility index (Phi) is 9.06. The minimum Gasteiger partial charge on any atom is -0.497 e. The maximum Gasteiger partial charge on any atom is 0.416 e. The summed E-state index contributed by atoms with van der Waals surface area (Å²) in [4.78, 5) is 32.7. The molecule has 0 spiro atoms. The SMILES string of the molecule is COc1cccc(CCCC(=O)c2csc(C3CCN(C(=O)c4ccccc4-c4ccc(C(F)(F)F)cc4)CC3)n2)c1. The molecule has 0 saturated carbocycles. The Morgan fingerprint density at radius 3 is 2.45 bits per heavy atom. The molecule has 1 aromatic heterocycles. The number of piperidine rings is 1. The van der Waals surface area contributed by atoms with Crippen LogP contribution in [0.2, 0.25) is 0 Å². The highest BCUT2D eigenvalue weighted by atomic mass is 32.1. The van der Waals surface area contributed by atoms with Crippen LogP contribution in [-0.4, -0.2) is 41.8 Å². The number of aryl methyl sites for hydroxylation is 1. The lowest BCUT2D eigenvalue weighted by Gasteiger charge is -2.31. The third kappa shape index (κ3) is 6.90. The van der Waals surface area contributed by atoms with Crippen LogP contribution < -0.4 is 4.74 Å². The van der Waals surface area contributed by atoms with E-state index in [4.69, 9.17) is 4.74 Å². The van der Waals surface area contributed by atoms with Crippen LogP contribution in [0, 0.1) is 0 Å². The highest BCUT2D eigenvalue weighted by Crippen LogP contribution is 2.34. The molecule has 3 aromatic carbocycles. The number of Topliss-reactive ketones (excluding diaryl/α,β-unsaturated/α-hetero) is 1. The molecule has 218 valence electrons. The first-order valence-electron chi connectivity index (χ1n) is 13.9. The van der Waals surface area contributed by atoms with Gasteiger partial charge in [-0.15, -0.1) is 11.3 Å². The lowest BCUT2D eigenvalue weighted by Crippen LogP contribution is -2.38. The smallest absolute Gasteiger partial charge is 0.416 e. The molecule has 5 nitrogen and oxygen atoms in total. The van der Waals surface area contributed by atoms with Gasteiger partial charge in [-0.2, -0.15) is 13.2 Å². The Morgan fingerprint density at radius 1 is 1.00 bits per heavy atom. The van der Waals surface area contributed by atoms with E-state index in [0.29, 0.717) is 41.9 Å². The van der Waals surface area contributed by atoms with E-state index in [1.807, 2.05) is 29.6 Å². The second kappa shape index (κ2) is 12.9. The number of ketones is 1. The zero-order chi connectivity index (χ0) is 29.7. The van der Waals surface area contributed by atoms with Crippen molar-refractivity contribution < 1.29 is 27.5 Å². The van der Waals surface area contributed by atoms with Crippen LogP contribution in [0.5, 0.6) is 5.75 Å². The zero-order valence-corrected chi connectivity index (χ0v) is 24.0. The van der Waals surface area contributed by atoms with E-state index in [0.717, 1.165) is 54.1 Å². The van der Waals surface area contributed by atoms with Crippen molar-refractivity contribution in [3.05, 3.63) is 106 Å². The Morgan fingerprint density at radius 2 is 1.74 bits per heavy atom. The summed E-state index contributed by atoms with van der Waals surface area (Å²) in [6, 6.07) is 19.7. The van der Waals surface area contributed by atoms with Gasteiger partial charge in [0.2, 0.25) is 0 Å². The van der Waals surface area contributed by atoms with E-state index in [-0.39, 0.29) is 17.6 Å². The van der Waals surface area contributed by atoms with Gasteiger partial charge in [-0.1, -0.05) is 42.5 Å². The van der Waals surface area contributed by atoms with Crippen LogP contribution in [0.3, 0.4) is 0 Å². The molecule has 1 fully saturated rings. The molecule has 42 heavy (non-hydrogen) atoms. The molecule has 9 heteroatoms. The number of halogens is 3. The molecule has 0 atom stereocenters. The summed E-state index contributed by atoms with van der Waals surface area (Å²) in [5.74, 6) is 0.865. The summed E-state index contributed by atoms with van der Waals surface area (Å²) in [7, 11) is 1.64. The molecule has 1 saturated heterocycles. The number of hydrogen-bond acceptors (Lipinski definition) is 5. The van der Waals surface area contributed by atoms with Gasteiger partial charge in [0.1, 0.15) is 11.4 Å². The molecular weight excluding hydrogens is 561 g/mol.